The van der Waals surface area contributed by atoms with E-state index in [1.165, 1.54) is 0 Å². The van der Waals surface area contributed by atoms with Crippen LogP contribution in [0.15, 0.2) is 24.3 Å². The summed E-state index contributed by atoms with van der Waals surface area (Å²) >= 11 is 0. The molecule has 0 aliphatic carbocycles. The van der Waals surface area contributed by atoms with Gasteiger partial charge in [-0.3, -0.25) is 4.90 Å². The molecule has 0 spiro atoms. The zero-order chi connectivity index (χ0) is 14.5. The number of rotatable bonds is 5. The van der Waals surface area contributed by atoms with Gasteiger partial charge in [-0.1, -0.05) is 18.2 Å². The van der Waals surface area contributed by atoms with E-state index >= 15 is 0 Å². The number of nitrogens with zero attached hydrogens (tertiary/aromatic N) is 1. The first-order valence-electron chi connectivity index (χ1n) is 7.07. The third-order valence-corrected chi connectivity index (χ3v) is 3.87. The molecule has 0 aromatic heterocycles. The maximum absolute atomic E-state index is 12.4. The van der Waals surface area contributed by atoms with Crippen LogP contribution in [0.2, 0.25) is 0 Å². The van der Waals surface area contributed by atoms with Crippen LogP contribution in [0.25, 0.3) is 0 Å². The summed E-state index contributed by atoms with van der Waals surface area (Å²) in [7, 11) is 0. The number of halogens is 3. The van der Waals surface area contributed by atoms with Gasteiger partial charge in [0.05, 0.1) is 0 Å². The summed E-state index contributed by atoms with van der Waals surface area (Å²) in [6, 6.07) is 7.16. The fourth-order valence-corrected chi connectivity index (χ4v) is 2.75. The van der Waals surface area contributed by atoms with Crippen LogP contribution >= 0.6 is 12.4 Å². The average Bonchev–Trinajstić information content (AvgIpc) is 2.41. The van der Waals surface area contributed by atoms with E-state index < -0.39 is 6.61 Å². The number of nitrogens with two attached hydrogens (primary N) is 1. The summed E-state index contributed by atoms with van der Waals surface area (Å²) in [5, 5.41) is 0. The Labute approximate surface area is 130 Å². The van der Waals surface area contributed by atoms with Crippen molar-refractivity contribution in [1.82, 2.24) is 4.90 Å². The quantitative estimate of drug-likeness (QED) is 0.905. The van der Waals surface area contributed by atoms with Gasteiger partial charge in [-0.15, -0.1) is 12.4 Å². The molecule has 0 saturated carbocycles. The van der Waals surface area contributed by atoms with Crippen LogP contribution in [-0.2, 0) is 6.54 Å². The van der Waals surface area contributed by atoms with Crippen molar-refractivity contribution >= 4 is 12.4 Å². The predicted octanol–water partition coefficient (Wildman–Crippen LogP) is 3.27. The molecule has 1 aromatic rings. The molecule has 21 heavy (non-hydrogen) atoms. The fourth-order valence-electron chi connectivity index (χ4n) is 2.75. The Morgan fingerprint density at radius 3 is 2.76 bits per heavy atom. The molecule has 2 rings (SSSR count). The van der Waals surface area contributed by atoms with Crippen molar-refractivity contribution in [2.75, 3.05) is 13.1 Å². The zero-order valence-electron chi connectivity index (χ0n) is 12.2. The minimum absolute atomic E-state index is 0. The molecule has 1 heterocycles. The van der Waals surface area contributed by atoms with E-state index in [0.29, 0.717) is 12.5 Å². The summed E-state index contributed by atoms with van der Waals surface area (Å²) in [5.74, 6) is 0.748. The number of piperidine rings is 1. The van der Waals surface area contributed by atoms with Crippen molar-refractivity contribution in [3.63, 3.8) is 0 Å². The molecule has 0 amide bonds. The zero-order valence-corrected chi connectivity index (χ0v) is 13.0. The van der Waals surface area contributed by atoms with E-state index in [-0.39, 0.29) is 24.2 Å². The average molecular weight is 321 g/mol. The van der Waals surface area contributed by atoms with Gasteiger partial charge in [-0.2, -0.15) is 8.78 Å². The molecular formula is C15H23ClF2N2O. The van der Waals surface area contributed by atoms with Crippen molar-refractivity contribution in [2.45, 2.75) is 39.0 Å². The highest BCUT2D eigenvalue weighted by Gasteiger charge is 2.23. The maximum Gasteiger partial charge on any atom is 0.387 e. The van der Waals surface area contributed by atoms with Gasteiger partial charge < -0.3 is 10.5 Å². The van der Waals surface area contributed by atoms with E-state index in [1.54, 1.807) is 12.1 Å². The highest BCUT2D eigenvalue weighted by Crippen LogP contribution is 2.25. The normalized spacial score (nSPS) is 20.9. The molecule has 1 aliphatic heterocycles. The van der Waals surface area contributed by atoms with Crippen LogP contribution in [-0.4, -0.2) is 30.6 Å². The number of para-hydroxylation sites is 1. The molecule has 2 atom stereocenters. The molecule has 3 nitrogen and oxygen atoms in total. The summed E-state index contributed by atoms with van der Waals surface area (Å²) in [5.41, 5.74) is 6.77. The minimum Gasteiger partial charge on any atom is -0.434 e. The molecule has 120 valence electrons. The van der Waals surface area contributed by atoms with Crippen LogP contribution < -0.4 is 10.5 Å². The number of ether oxygens (including phenoxy) is 1. The van der Waals surface area contributed by atoms with Crippen molar-refractivity contribution < 1.29 is 13.5 Å². The lowest BCUT2D eigenvalue weighted by molar-refractivity contribution is -0.0508. The molecule has 1 saturated heterocycles. The second-order valence-corrected chi connectivity index (χ2v) is 5.48. The standard InChI is InChI=1S/C15H22F2N2O.ClH/c1-11(18)12-6-4-8-19(9-12)10-13-5-2-3-7-14(13)20-15(16)17;/h2-3,5,7,11-12,15H,4,6,8-10,18H2,1H3;1H. The number of benzene rings is 1. The van der Waals surface area contributed by atoms with Gasteiger partial charge in [0, 0.05) is 24.7 Å². The Hall–Kier alpha value is -0.910. The molecule has 2 unspecified atom stereocenters. The van der Waals surface area contributed by atoms with Gasteiger partial charge in [-0.05, 0) is 38.3 Å². The highest BCUT2D eigenvalue weighted by molar-refractivity contribution is 5.85. The molecule has 2 N–H and O–H groups in total. The van der Waals surface area contributed by atoms with Crippen LogP contribution in [0.4, 0.5) is 8.78 Å². The Kier molecular flexibility index (Phi) is 7.35. The summed E-state index contributed by atoms with van der Waals surface area (Å²) in [6.07, 6.45) is 2.24. The summed E-state index contributed by atoms with van der Waals surface area (Å²) < 4.78 is 29.4. The van der Waals surface area contributed by atoms with Crippen molar-refractivity contribution in [1.29, 1.82) is 0 Å². The first-order chi connectivity index (χ1) is 9.56. The van der Waals surface area contributed by atoms with Crippen LogP contribution in [0.5, 0.6) is 5.75 Å². The van der Waals surface area contributed by atoms with Crippen LogP contribution in [0, 0.1) is 5.92 Å². The van der Waals surface area contributed by atoms with Crippen LogP contribution in [0.1, 0.15) is 25.3 Å². The SMILES string of the molecule is CC(N)C1CCCN(Cc2ccccc2OC(F)F)C1.Cl. The van der Waals surface area contributed by atoms with E-state index in [4.69, 9.17) is 5.73 Å². The third kappa shape index (κ3) is 5.41. The van der Waals surface area contributed by atoms with E-state index in [9.17, 15) is 8.78 Å². The number of likely N-dealkylation sites (tertiary alicyclic amines) is 1. The molecule has 6 heteroatoms. The number of alkyl halides is 2. The van der Waals surface area contributed by atoms with Gasteiger partial charge in [0.25, 0.3) is 0 Å². The first kappa shape index (κ1) is 18.1. The lowest BCUT2D eigenvalue weighted by Gasteiger charge is -2.34. The monoisotopic (exact) mass is 320 g/mol. The minimum atomic E-state index is -2.78. The Morgan fingerprint density at radius 1 is 1.38 bits per heavy atom. The highest BCUT2D eigenvalue weighted by atomic mass is 35.5. The van der Waals surface area contributed by atoms with E-state index in [0.717, 1.165) is 31.5 Å². The van der Waals surface area contributed by atoms with E-state index in [1.807, 2.05) is 19.1 Å². The third-order valence-electron chi connectivity index (χ3n) is 3.87. The molecule has 1 aromatic carbocycles. The molecule has 1 aliphatic rings. The molecule has 0 bridgehead atoms. The fraction of sp³-hybridized carbons (Fsp3) is 0.600. The predicted molar refractivity (Wildman–Crippen MR) is 82.0 cm³/mol. The first-order valence-corrected chi connectivity index (χ1v) is 7.07. The molecular weight excluding hydrogens is 298 g/mol. The lowest BCUT2D eigenvalue weighted by atomic mass is 9.92. The van der Waals surface area contributed by atoms with Crippen LogP contribution in [0.3, 0.4) is 0 Å². The van der Waals surface area contributed by atoms with Crippen molar-refractivity contribution in [3.05, 3.63) is 29.8 Å². The van der Waals surface area contributed by atoms with Gasteiger partial charge in [0.15, 0.2) is 0 Å². The van der Waals surface area contributed by atoms with E-state index in [2.05, 4.69) is 9.64 Å². The van der Waals surface area contributed by atoms with Crippen molar-refractivity contribution in [2.24, 2.45) is 11.7 Å². The molecule has 0 radical (unpaired) electrons. The summed E-state index contributed by atoms with van der Waals surface area (Å²) in [6.45, 7) is 1.77. The van der Waals surface area contributed by atoms with Crippen molar-refractivity contribution in [3.8, 4) is 5.75 Å². The second-order valence-electron chi connectivity index (χ2n) is 5.48. The number of hydrogen-bond acceptors (Lipinski definition) is 3. The van der Waals surface area contributed by atoms with Gasteiger partial charge >= 0.3 is 6.61 Å². The second kappa shape index (κ2) is 8.51. The van der Waals surface area contributed by atoms with Gasteiger partial charge in [0.1, 0.15) is 5.75 Å². The Balaban J connectivity index is 0.00000220. The lowest BCUT2D eigenvalue weighted by Crippen LogP contribution is -2.41. The molecule has 1 fully saturated rings. The smallest absolute Gasteiger partial charge is 0.387 e. The van der Waals surface area contributed by atoms with Gasteiger partial charge in [-0.25, -0.2) is 0 Å². The summed E-state index contributed by atoms with van der Waals surface area (Å²) in [4.78, 5) is 2.27. The number of hydrogen-bond donors (Lipinski definition) is 1. The Bertz CT molecular complexity index is 432. The van der Waals surface area contributed by atoms with Gasteiger partial charge in [0.2, 0.25) is 0 Å². The Morgan fingerprint density at radius 2 is 2.10 bits per heavy atom. The maximum atomic E-state index is 12.4. The largest absolute Gasteiger partial charge is 0.434 e. The topological polar surface area (TPSA) is 38.5 Å².